The van der Waals surface area contributed by atoms with Crippen LogP contribution >= 0.6 is 0 Å². The van der Waals surface area contributed by atoms with Crippen LogP contribution < -0.4 is 10.1 Å². The lowest BCUT2D eigenvalue weighted by Crippen LogP contribution is -2.40. The van der Waals surface area contributed by atoms with E-state index in [1.54, 1.807) is 30.3 Å². The van der Waals surface area contributed by atoms with E-state index in [1.165, 1.54) is 0 Å². The van der Waals surface area contributed by atoms with Gasteiger partial charge in [0.2, 0.25) is 0 Å². The number of benzene rings is 2. The van der Waals surface area contributed by atoms with Crippen molar-refractivity contribution in [1.29, 1.82) is 0 Å². The molecular weight excluding hydrogens is 418 g/mol. The Kier molecular flexibility index (Phi) is 5.48. The number of hydrogen-bond acceptors (Lipinski definition) is 5. The summed E-state index contributed by atoms with van der Waals surface area (Å²) in [4.78, 5) is 36.4. The van der Waals surface area contributed by atoms with Gasteiger partial charge in [0, 0.05) is 31.4 Å². The predicted molar refractivity (Wildman–Crippen MR) is 123 cm³/mol. The summed E-state index contributed by atoms with van der Waals surface area (Å²) >= 11 is 0. The van der Waals surface area contributed by atoms with Crippen LogP contribution in [0.25, 0.3) is 11.0 Å². The topological polar surface area (TPSA) is 89.3 Å². The number of nitrogens with zero attached hydrogens (tertiary/aromatic N) is 4. The fourth-order valence-corrected chi connectivity index (χ4v) is 4.03. The molecule has 0 unspecified atom stereocenters. The van der Waals surface area contributed by atoms with E-state index in [0.717, 1.165) is 22.5 Å². The van der Waals surface area contributed by atoms with Crippen molar-refractivity contribution in [2.45, 2.75) is 19.6 Å². The van der Waals surface area contributed by atoms with Gasteiger partial charge in [0.25, 0.3) is 11.8 Å². The molecule has 2 aromatic carbocycles. The van der Waals surface area contributed by atoms with E-state index in [0.29, 0.717) is 43.1 Å². The zero-order chi connectivity index (χ0) is 22.8. The highest BCUT2D eigenvalue weighted by molar-refractivity contribution is 6.00. The van der Waals surface area contributed by atoms with Gasteiger partial charge in [0.05, 0.1) is 30.4 Å². The first-order valence-corrected chi connectivity index (χ1v) is 10.7. The lowest BCUT2D eigenvalue weighted by Gasteiger charge is -2.27. The average molecular weight is 441 g/mol. The zero-order valence-corrected chi connectivity index (χ0v) is 18.2. The number of carbonyl (C=O) groups excluding carboxylic acids is 2. The largest absolute Gasteiger partial charge is 0.497 e. The van der Waals surface area contributed by atoms with Gasteiger partial charge in [-0.2, -0.15) is 0 Å². The van der Waals surface area contributed by atoms with Gasteiger partial charge in [0.15, 0.2) is 5.82 Å². The second-order valence-electron chi connectivity index (χ2n) is 7.87. The Morgan fingerprint density at radius 1 is 1.09 bits per heavy atom. The number of aromatic nitrogens is 3. The van der Waals surface area contributed by atoms with E-state index in [4.69, 9.17) is 4.74 Å². The third kappa shape index (κ3) is 4.15. The van der Waals surface area contributed by atoms with E-state index < -0.39 is 0 Å². The molecule has 0 atom stereocenters. The second-order valence-corrected chi connectivity index (χ2v) is 7.87. The maximum absolute atomic E-state index is 13.0. The quantitative estimate of drug-likeness (QED) is 0.497. The summed E-state index contributed by atoms with van der Waals surface area (Å²) in [5, 5.41) is 2.92. The van der Waals surface area contributed by atoms with Gasteiger partial charge in [-0.05, 0) is 48.0 Å². The molecular formula is C25H23N5O3. The minimum absolute atomic E-state index is 0.132. The Bertz CT molecular complexity index is 1330. The van der Waals surface area contributed by atoms with Crippen molar-refractivity contribution in [3.05, 3.63) is 89.5 Å². The number of imidazole rings is 1. The smallest absolute Gasteiger partial charge is 0.290 e. The van der Waals surface area contributed by atoms with E-state index in [2.05, 4.69) is 15.3 Å². The Hall–Kier alpha value is -4.20. The zero-order valence-electron chi connectivity index (χ0n) is 18.2. The van der Waals surface area contributed by atoms with Crippen molar-refractivity contribution >= 4 is 22.8 Å². The fourth-order valence-electron chi connectivity index (χ4n) is 4.03. The van der Waals surface area contributed by atoms with Crippen molar-refractivity contribution in [2.75, 3.05) is 13.7 Å². The summed E-state index contributed by atoms with van der Waals surface area (Å²) in [5.41, 5.74) is 3.76. The molecule has 1 aliphatic heterocycles. The van der Waals surface area contributed by atoms with Crippen LogP contribution in [0.5, 0.6) is 5.75 Å². The lowest BCUT2D eigenvalue weighted by atomic mass is 10.1. The Morgan fingerprint density at radius 2 is 2.00 bits per heavy atom. The molecule has 0 radical (unpaired) electrons. The highest BCUT2D eigenvalue weighted by Gasteiger charge is 2.28. The second kappa shape index (κ2) is 8.74. The van der Waals surface area contributed by atoms with E-state index in [9.17, 15) is 9.59 Å². The molecule has 0 spiro atoms. The van der Waals surface area contributed by atoms with Crippen LogP contribution in [-0.2, 0) is 19.6 Å². The van der Waals surface area contributed by atoms with Crippen LogP contribution in [0.1, 0.15) is 32.2 Å². The number of fused-ring (bicyclic) bond motifs is 3. The molecule has 166 valence electrons. The van der Waals surface area contributed by atoms with Crippen LogP contribution in [0.2, 0.25) is 0 Å². The number of hydrogen-bond donors (Lipinski definition) is 1. The van der Waals surface area contributed by atoms with Gasteiger partial charge in [-0.1, -0.05) is 18.2 Å². The molecule has 2 amide bonds. The Morgan fingerprint density at radius 3 is 2.82 bits per heavy atom. The number of carbonyl (C=O) groups is 2. The standard InChI is InChI=1S/C25H23N5O3/c1-33-20-7-4-5-17(13-20)15-27-24(31)18-8-9-22-21(14-18)28-23-25(32)29(11-12-30(22)23)16-19-6-2-3-10-26-19/h2-10,13-14H,11-12,15-16H2,1H3,(H,27,31). The molecule has 8 heteroatoms. The molecule has 0 bridgehead atoms. The average Bonchev–Trinajstić information content (AvgIpc) is 3.23. The molecule has 0 fully saturated rings. The van der Waals surface area contributed by atoms with Gasteiger partial charge in [-0.25, -0.2) is 4.98 Å². The summed E-state index contributed by atoms with van der Waals surface area (Å²) < 4.78 is 7.15. The normalized spacial score (nSPS) is 13.1. The van der Waals surface area contributed by atoms with Crippen molar-refractivity contribution in [1.82, 2.24) is 24.8 Å². The van der Waals surface area contributed by atoms with Crippen molar-refractivity contribution in [3.8, 4) is 5.75 Å². The first-order chi connectivity index (χ1) is 16.1. The van der Waals surface area contributed by atoms with Crippen molar-refractivity contribution < 1.29 is 14.3 Å². The van der Waals surface area contributed by atoms with E-state index in [-0.39, 0.29) is 11.8 Å². The third-order valence-corrected chi connectivity index (χ3v) is 5.75. The van der Waals surface area contributed by atoms with E-state index >= 15 is 0 Å². The first-order valence-electron chi connectivity index (χ1n) is 10.7. The maximum Gasteiger partial charge on any atom is 0.290 e. The minimum atomic E-state index is -0.200. The summed E-state index contributed by atoms with van der Waals surface area (Å²) in [6, 6.07) is 18.6. The first kappa shape index (κ1) is 20.7. The van der Waals surface area contributed by atoms with Crippen LogP contribution in [0, 0.1) is 0 Å². The predicted octanol–water partition coefficient (Wildman–Crippen LogP) is 3.03. The summed E-state index contributed by atoms with van der Waals surface area (Å²) in [6.07, 6.45) is 1.72. The highest BCUT2D eigenvalue weighted by Crippen LogP contribution is 2.23. The molecule has 5 rings (SSSR count). The molecule has 8 nitrogen and oxygen atoms in total. The third-order valence-electron chi connectivity index (χ3n) is 5.75. The van der Waals surface area contributed by atoms with Crippen LogP contribution in [0.3, 0.4) is 0 Å². The lowest BCUT2D eigenvalue weighted by molar-refractivity contribution is 0.0682. The summed E-state index contributed by atoms with van der Waals surface area (Å²) in [7, 11) is 1.61. The number of nitrogens with one attached hydrogen (secondary N) is 1. The van der Waals surface area contributed by atoms with Gasteiger partial charge in [-0.3, -0.25) is 14.6 Å². The molecule has 1 N–H and O–H groups in total. The number of ether oxygens (including phenoxy) is 1. The molecule has 0 saturated heterocycles. The van der Waals surface area contributed by atoms with E-state index in [1.807, 2.05) is 53.1 Å². The molecule has 0 saturated carbocycles. The molecule has 2 aromatic heterocycles. The number of methoxy groups -OCH3 is 1. The SMILES string of the molecule is COc1cccc(CNC(=O)c2ccc3c(c2)nc2n3CCN(Cc3ccccn3)C2=O)c1. The van der Waals surface area contributed by atoms with Crippen LogP contribution in [-0.4, -0.2) is 44.9 Å². The van der Waals surface area contributed by atoms with Gasteiger partial charge >= 0.3 is 0 Å². The fraction of sp³-hybridized carbons (Fsp3) is 0.200. The van der Waals surface area contributed by atoms with Crippen molar-refractivity contribution in [2.24, 2.45) is 0 Å². The van der Waals surface area contributed by atoms with Gasteiger partial charge in [-0.15, -0.1) is 0 Å². The molecule has 3 heterocycles. The Labute approximate surface area is 190 Å². The number of amides is 2. The van der Waals surface area contributed by atoms with Crippen LogP contribution in [0.4, 0.5) is 0 Å². The summed E-state index contributed by atoms with van der Waals surface area (Å²) in [6.45, 7) is 2.05. The molecule has 0 aliphatic carbocycles. The highest BCUT2D eigenvalue weighted by atomic mass is 16.5. The molecule has 4 aromatic rings. The Balaban J connectivity index is 1.33. The number of rotatable bonds is 6. The minimum Gasteiger partial charge on any atom is -0.497 e. The number of pyridine rings is 1. The maximum atomic E-state index is 13.0. The van der Waals surface area contributed by atoms with Gasteiger partial charge in [0.1, 0.15) is 5.75 Å². The summed E-state index contributed by atoms with van der Waals surface area (Å²) in [5.74, 6) is 0.801. The van der Waals surface area contributed by atoms with Crippen molar-refractivity contribution in [3.63, 3.8) is 0 Å². The molecule has 33 heavy (non-hydrogen) atoms. The van der Waals surface area contributed by atoms with Gasteiger partial charge < -0.3 is 19.5 Å². The van der Waals surface area contributed by atoms with Crippen LogP contribution in [0.15, 0.2) is 66.9 Å². The molecule has 1 aliphatic rings. The monoisotopic (exact) mass is 441 g/mol.